The Bertz CT molecular complexity index is 707. The molecule has 4 nitrogen and oxygen atoms in total. The molecule has 0 bridgehead atoms. The van der Waals surface area contributed by atoms with Crippen molar-refractivity contribution in [3.05, 3.63) is 64.7 Å². The van der Waals surface area contributed by atoms with Crippen LogP contribution in [0.1, 0.15) is 22.3 Å². The Balaban J connectivity index is 1.81. The Labute approximate surface area is 150 Å². The third-order valence-corrected chi connectivity index (χ3v) is 4.60. The minimum atomic E-state index is -0.533. The van der Waals surface area contributed by atoms with E-state index in [1.807, 2.05) is 18.2 Å². The van der Waals surface area contributed by atoms with E-state index in [4.69, 9.17) is 11.6 Å². The van der Waals surface area contributed by atoms with E-state index >= 15 is 0 Å². The third kappa shape index (κ3) is 5.58. The number of carbonyl (C=O) groups is 2. The van der Waals surface area contributed by atoms with E-state index in [2.05, 4.69) is 22.2 Å². The number of hydrogen-bond donors (Lipinski definition) is 1. The second kappa shape index (κ2) is 9.35. The normalized spacial score (nSPS) is 10.2. The monoisotopic (exact) mass is 363 g/mol. The van der Waals surface area contributed by atoms with E-state index in [9.17, 15) is 9.59 Å². The number of esters is 1. The van der Waals surface area contributed by atoms with Crippen molar-refractivity contribution in [2.45, 2.75) is 12.2 Å². The molecule has 1 amide bonds. The van der Waals surface area contributed by atoms with Crippen LogP contribution < -0.4 is 5.32 Å². The van der Waals surface area contributed by atoms with Crippen LogP contribution in [0.4, 0.5) is 5.69 Å². The Morgan fingerprint density at radius 1 is 1.17 bits per heavy atom. The molecule has 24 heavy (non-hydrogen) atoms. The Kier molecular flexibility index (Phi) is 7.15. The van der Waals surface area contributed by atoms with Crippen molar-refractivity contribution in [2.75, 3.05) is 18.2 Å². The molecule has 2 aromatic carbocycles. The molecule has 6 heteroatoms. The van der Waals surface area contributed by atoms with Crippen LogP contribution in [0.3, 0.4) is 0 Å². The van der Waals surface area contributed by atoms with Gasteiger partial charge in [-0.15, -0.1) is 0 Å². The number of thioether (sulfide) groups is 1. The lowest BCUT2D eigenvalue weighted by molar-refractivity contribution is -0.115. The second-order valence-corrected chi connectivity index (χ2v) is 6.53. The molecule has 1 N–H and O–H groups in total. The zero-order valence-corrected chi connectivity index (χ0v) is 14.8. The summed E-state index contributed by atoms with van der Waals surface area (Å²) in [5.41, 5.74) is 2.00. The van der Waals surface area contributed by atoms with Gasteiger partial charge in [-0.2, -0.15) is 11.8 Å². The van der Waals surface area contributed by atoms with Gasteiger partial charge in [0.1, 0.15) is 0 Å². The molecule has 0 fully saturated rings. The van der Waals surface area contributed by atoms with Crippen LogP contribution >= 0.6 is 23.4 Å². The van der Waals surface area contributed by atoms with Crippen molar-refractivity contribution in [1.82, 2.24) is 0 Å². The second-order valence-electron chi connectivity index (χ2n) is 5.02. The molecular formula is C18H18ClNO3S. The molecular weight excluding hydrogens is 346 g/mol. The number of rotatable bonds is 7. The predicted molar refractivity (Wildman–Crippen MR) is 98.6 cm³/mol. The molecule has 0 heterocycles. The number of nitrogens with one attached hydrogen (secondary N) is 1. The van der Waals surface area contributed by atoms with Gasteiger partial charge in [-0.05, 0) is 23.8 Å². The number of benzene rings is 2. The average molecular weight is 364 g/mol. The number of halogens is 1. The summed E-state index contributed by atoms with van der Waals surface area (Å²) < 4.78 is 4.66. The van der Waals surface area contributed by atoms with Crippen LogP contribution in [0.2, 0.25) is 5.02 Å². The van der Waals surface area contributed by atoms with Crippen molar-refractivity contribution >= 4 is 40.9 Å². The van der Waals surface area contributed by atoms with Gasteiger partial charge in [-0.25, -0.2) is 4.79 Å². The molecule has 0 unspecified atom stereocenters. The quantitative estimate of drug-likeness (QED) is 0.585. The first kappa shape index (κ1) is 18.4. The van der Waals surface area contributed by atoms with Crippen LogP contribution in [0.15, 0.2) is 48.5 Å². The maximum Gasteiger partial charge on any atom is 0.339 e. The van der Waals surface area contributed by atoms with Crippen LogP contribution in [0.25, 0.3) is 0 Å². The van der Waals surface area contributed by atoms with Gasteiger partial charge in [0.05, 0.1) is 17.7 Å². The molecule has 2 aromatic rings. The fourth-order valence-corrected chi connectivity index (χ4v) is 3.12. The van der Waals surface area contributed by atoms with Gasteiger partial charge in [0.25, 0.3) is 0 Å². The van der Waals surface area contributed by atoms with Crippen LogP contribution in [0.5, 0.6) is 0 Å². The summed E-state index contributed by atoms with van der Waals surface area (Å²) in [6.07, 6.45) is 0.397. The predicted octanol–water partition coefficient (Wildman–Crippen LogP) is 4.39. The first-order valence-corrected chi connectivity index (χ1v) is 8.93. The maximum absolute atomic E-state index is 12.0. The lowest BCUT2D eigenvalue weighted by Crippen LogP contribution is -2.13. The maximum atomic E-state index is 12.0. The topological polar surface area (TPSA) is 55.4 Å². The molecule has 0 aliphatic carbocycles. The number of amides is 1. The molecule has 126 valence electrons. The van der Waals surface area contributed by atoms with Crippen molar-refractivity contribution < 1.29 is 14.3 Å². The highest BCUT2D eigenvalue weighted by atomic mass is 35.5. The lowest BCUT2D eigenvalue weighted by Gasteiger charge is -2.08. The van der Waals surface area contributed by atoms with Gasteiger partial charge in [-0.1, -0.05) is 41.9 Å². The SMILES string of the molecule is COC(=O)c1cc(NC(=O)CCSCc2ccccc2)ccc1Cl. The van der Waals surface area contributed by atoms with E-state index in [1.165, 1.54) is 18.7 Å². The molecule has 0 saturated carbocycles. The smallest absolute Gasteiger partial charge is 0.339 e. The first-order chi connectivity index (χ1) is 11.6. The van der Waals surface area contributed by atoms with Gasteiger partial charge >= 0.3 is 5.97 Å². The average Bonchev–Trinajstić information content (AvgIpc) is 2.60. The molecule has 0 spiro atoms. The van der Waals surface area contributed by atoms with Crippen LogP contribution in [-0.2, 0) is 15.3 Å². The molecule has 0 atom stereocenters. The van der Waals surface area contributed by atoms with E-state index in [0.29, 0.717) is 17.1 Å². The van der Waals surface area contributed by atoms with E-state index in [0.717, 1.165) is 11.5 Å². The molecule has 2 rings (SSSR count). The first-order valence-electron chi connectivity index (χ1n) is 7.39. The van der Waals surface area contributed by atoms with Gasteiger partial charge in [0, 0.05) is 23.6 Å². The summed E-state index contributed by atoms with van der Waals surface area (Å²) in [5.74, 6) is 0.961. The van der Waals surface area contributed by atoms with Gasteiger partial charge in [-0.3, -0.25) is 4.79 Å². The van der Waals surface area contributed by atoms with E-state index < -0.39 is 5.97 Å². The zero-order chi connectivity index (χ0) is 17.4. The van der Waals surface area contributed by atoms with Crippen molar-refractivity contribution in [3.8, 4) is 0 Å². The van der Waals surface area contributed by atoms with Gasteiger partial charge in [0.15, 0.2) is 0 Å². The number of hydrogen-bond acceptors (Lipinski definition) is 4. The fraction of sp³-hybridized carbons (Fsp3) is 0.222. The summed E-state index contributed by atoms with van der Waals surface area (Å²) >= 11 is 7.65. The highest BCUT2D eigenvalue weighted by Gasteiger charge is 2.12. The van der Waals surface area contributed by atoms with Crippen molar-refractivity contribution in [1.29, 1.82) is 0 Å². The summed E-state index contributed by atoms with van der Waals surface area (Å²) in [4.78, 5) is 23.6. The Morgan fingerprint density at radius 2 is 1.92 bits per heavy atom. The number of methoxy groups -OCH3 is 1. The minimum Gasteiger partial charge on any atom is -0.465 e. The molecule has 0 aliphatic heterocycles. The van der Waals surface area contributed by atoms with Gasteiger partial charge < -0.3 is 10.1 Å². The van der Waals surface area contributed by atoms with E-state index in [1.54, 1.807) is 23.9 Å². The highest BCUT2D eigenvalue weighted by Crippen LogP contribution is 2.21. The molecule has 0 radical (unpaired) electrons. The molecule has 0 saturated heterocycles. The summed E-state index contributed by atoms with van der Waals surface area (Å²) in [5, 5.41) is 3.06. The number of ether oxygens (including phenoxy) is 1. The Morgan fingerprint density at radius 3 is 2.62 bits per heavy atom. The summed E-state index contributed by atoms with van der Waals surface area (Å²) in [7, 11) is 1.29. The Hall–Kier alpha value is -1.98. The number of carbonyl (C=O) groups excluding carboxylic acids is 2. The molecule has 0 aliphatic rings. The van der Waals surface area contributed by atoms with E-state index in [-0.39, 0.29) is 11.5 Å². The fourth-order valence-electron chi connectivity index (χ4n) is 2.02. The zero-order valence-electron chi connectivity index (χ0n) is 13.3. The lowest BCUT2D eigenvalue weighted by atomic mass is 10.2. The van der Waals surface area contributed by atoms with Crippen LogP contribution in [0, 0.1) is 0 Å². The highest BCUT2D eigenvalue weighted by molar-refractivity contribution is 7.98. The number of anilines is 1. The minimum absolute atomic E-state index is 0.103. The van der Waals surface area contributed by atoms with Crippen molar-refractivity contribution in [3.63, 3.8) is 0 Å². The largest absolute Gasteiger partial charge is 0.465 e. The molecule has 0 aromatic heterocycles. The van der Waals surface area contributed by atoms with Crippen molar-refractivity contribution in [2.24, 2.45) is 0 Å². The standard InChI is InChI=1S/C18H18ClNO3S/c1-23-18(22)15-11-14(7-8-16(15)19)20-17(21)9-10-24-12-13-5-3-2-4-6-13/h2-8,11H,9-10,12H2,1H3,(H,20,21). The van der Waals surface area contributed by atoms with Gasteiger partial charge in [0.2, 0.25) is 5.91 Å². The van der Waals surface area contributed by atoms with Crippen LogP contribution in [-0.4, -0.2) is 24.7 Å². The third-order valence-electron chi connectivity index (χ3n) is 3.24. The summed E-state index contributed by atoms with van der Waals surface area (Å²) in [6.45, 7) is 0. The summed E-state index contributed by atoms with van der Waals surface area (Å²) in [6, 6.07) is 14.9.